The molecule has 0 rings (SSSR count). The van der Waals surface area contributed by atoms with Crippen molar-refractivity contribution in [1.82, 2.24) is 0 Å². The van der Waals surface area contributed by atoms with Crippen LogP contribution in [0.25, 0.3) is 0 Å². The molecule has 0 fully saturated rings. The van der Waals surface area contributed by atoms with E-state index >= 15 is 0 Å². The van der Waals surface area contributed by atoms with Gasteiger partial charge in [-0.05, 0) is 0 Å². The van der Waals surface area contributed by atoms with E-state index in [1.54, 1.807) is 22.5 Å². The van der Waals surface area contributed by atoms with E-state index in [2.05, 4.69) is 0 Å². The summed E-state index contributed by atoms with van der Waals surface area (Å²) >= 11 is 1.71. The Hall–Kier alpha value is 1.89. The van der Waals surface area contributed by atoms with Crippen molar-refractivity contribution in [2.45, 2.75) is 16.9 Å². The van der Waals surface area contributed by atoms with E-state index in [9.17, 15) is 0 Å². The van der Waals surface area contributed by atoms with E-state index < -0.39 is 0 Å². The van der Waals surface area contributed by atoms with E-state index in [-0.39, 0.29) is 37.2 Å². The molecule has 0 aliphatic heterocycles. The first-order valence-electron chi connectivity index (χ1n) is 2.06. The van der Waals surface area contributed by atoms with Gasteiger partial charge in [0.25, 0.3) is 0 Å². The standard InChI is InChI=1S/C3H9Si.3ClH.Sn/c1-2-3-4;;;;/h1-3H2,4H3;3*1H;/q;;;;+3/p-3. The zero-order chi connectivity index (χ0) is 4.12. The average molecular weight is 298 g/mol. The Kier molecular flexibility index (Phi) is 65.2. The molecule has 8 heavy (non-hydrogen) atoms. The molecule has 0 atom stereocenters. The number of hydrogen-bond donors (Lipinski definition) is 0. The first kappa shape index (κ1) is 22.5. The zero-order valence-corrected chi connectivity index (χ0v) is 11.9. The Morgan fingerprint density at radius 1 is 1.12 bits per heavy atom. The van der Waals surface area contributed by atoms with Crippen molar-refractivity contribution in [2.24, 2.45) is 0 Å². The average Bonchev–Trinajstić information content (AvgIpc) is 1.41. The number of halogens is 3. The third kappa shape index (κ3) is 24.8. The first-order valence-corrected chi connectivity index (χ1v) is 5.49. The van der Waals surface area contributed by atoms with E-state index in [4.69, 9.17) is 0 Å². The Labute approximate surface area is 86.3 Å². The molecule has 0 aliphatic carbocycles. The van der Waals surface area contributed by atoms with Crippen LogP contribution >= 0.6 is 0 Å². The molecule has 0 saturated heterocycles. The first-order chi connectivity index (χ1) is 2.41. The van der Waals surface area contributed by atoms with Gasteiger partial charge in [-0.3, -0.25) is 0 Å². The molecule has 50 valence electrons. The van der Waals surface area contributed by atoms with E-state index in [1.807, 2.05) is 0 Å². The van der Waals surface area contributed by atoms with Crippen molar-refractivity contribution in [3.8, 4) is 0 Å². The molecule has 0 bridgehead atoms. The van der Waals surface area contributed by atoms with Crippen LogP contribution in [0.5, 0.6) is 0 Å². The molecule has 0 spiro atoms. The molecular weight excluding hydrogens is 289 g/mol. The summed E-state index contributed by atoms with van der Waals surface area (Å²) < 4.78 is 1.47. The zero-order valence-electron chi connectivity index (χ0n) is 4.76. The van der Waals surface area contributed by atoms with Crippen molar-refractivity contribution in [3.05, 3.63) is 0 Å². The van der Waals surface area contributed by atoms with Gasteiger partial charge < -0.3 is 37.2 Å². The van der Waals surface area contributed by atoms with Gasteiger partial charge in [0.05, 0.1) is 0 Å². The molecular formula is C3H9Cl3SiSn. The number of rotatable bonds is 2. The fourth-order valence-corrected chi connectivity index (χ4v) is 3.56. The van der Waals surface area contributed by atoms with E-state index in [0.29, 0.717) is 0 Å². The molecule has 0 aromatic rings. The summed E-state index contributed by atoms with van der Waals surface area (Å²) in [4.78, 5) is 0. The topological polar surface area (TPSA) is 0 Å². The maximum atomic E-state index is 1.71. The summed E-state index contributed by atoms with van der Waals surface area (Å²) in [6.07, 6.45) is 1.49. The third-order valence-corrected chi connectivity index (χ3v) is 2.25. The van der Waals surface area contributed by atoms with E-state index in [1.165, 1.54) is 27.1 Å². The van der Waals surface area contributed by atoms with Gasteiger partial charge in [0.1, 0.15) is 0 Å². The van der Waals surface area contributed by atoms with Crippen molar-refractivity contribution in [2.75, 3.05) is 0 Å². The Morgan fingerprint density at radius 2 is 1.50 bits per heavy atom. The summed E-state index contributed by atoms with van der Waals surface area (Å²) in [7, 11) is 1.41. The summed E-state index contributed by atoms with van der Waals surface area (Å²) in [5.74, 6) is 0. The summed E-state index contributed by atoms with van der Waals surface area (Å²) in [5, 5.41) is 0. The van der Waals surface area contributed by atoms with Crippen LogP contribution in [0, 0.1) is 0 Å². The second-order valence-electron chi connectivity index (χ2n) is 1.10. The molecule has 5 heteroatoms. The minimum atomic E-state index is 0. The van der Waals surface area contributed by atoms with Crippen LogP contribution in [0.3, 0.4) is 0 Å². The molecule has 0 aromatic carbocycles. The quantitative estimate of drug-likeness (QED) is 0.444. The van der Waals surface area contributed by atoms with Crippen molar-refractivity contribution >= 4 is 32.8 Å². The minimum absolute atomic E-state index is 0. The molecule has 0 radical (unpaired) electrons. The summed E-state index contributed by atoms with van der Waals surface area (Å²) in [5.41, 5.74) is 0. The van der Waals surface area contributed by atoms with Gasteiger partial charge in [-0.1, -0.05) is 0 Å². The fraction of sp³-hybridized carbons (Fsp3) is 1.00. The van der Waals surface area contributed by atoms with Gasteiger partial charge in [-0.2, -0.15) is 0 Å². The van der Waals surface area contributed by atoms with Crippen molar-refractivity contribution in [3.63, 3.8) is 0 Å². The van der Waals surface area contributed by atoms with Crippen LogP contribution < -0.4 is 37.2 Å². The summed E-state index contributed by atoms with van der Waals surface area (Å²) in [6, 6.07) is 1.51. The molecule has 0 aliphatic rings. The van der Waals surface area contributed by atoms with Crippen LogP contribution in [-0.2, 0) is 0 Å². The van der Waals surface area contributed by atoms with Crippen molar-refractivity contribution in [1.29, 1.82) is 0 Å². The van der Waals surface area contributed by atoms with Crippen LogP contribution in [0.15, 0.2) is 0 Å². The maximum absolute atomic E-state index is 1.71. The molecule has 0 heterocycles. The SMILES string of the molecule is [Cl-].[Cl-].[Cl-].[SiH3]CC[CH2][Sn+3]. The van der Waals surface area contributed by atoms with Crippen molar-refractivity contribution < 1.29 is 37.2 Å². The number of hydrogen-bond acceptors (Lipinski definition) is 0. The second kappa shape index (κ2) is 23.1. The molecule has 0 aromatic heterocycles. The van der Waals surface area contributed by atoms with Crippen LogP contribution in [-0.4, -0.2) is 32.8 Å². The molecule has 0 nitrogen and oxygen atoms in total. The normalized spacial score (nSPS) is 5.75. The molecule has 0 N–H and O–H groups in total. The molecule has 0 saturated carbocycles. The Morgan fingerprint density at radius 3 is 1.50 bits per heavy atom. The van der Waals surface area contributed by atoms with Gasteiger partial charge in [0.15, 0.2) is 0 Å². The van der Waals surface area contributed by atoms with Gasteiger partial charge in [-0.25, -0.2) is 0 Å². The Balaban J connectivity index is -0.0000000267. The predicted molar refractivity (Wildman–Crippen MR) is 29.9 cm³/mol. The second-order valence-corrected chi connectivity index (χ2v) is 3.53. The predicted octanol–water partition coefficient (Wildman–Crippen LogP) is -9.24. The van der Waals surface area contributed by atoms with Crippen LogP contribution in [0.1, 0.15) is 6.42 Å². The fourth-order valence-electron chi connectivity index (χ4n) is 0.177. The van der Waals surface area contributed by atoms with Gasteiger partial charge in [-0.15, -0.1) is 0 Å². The Bertz CT molecular complexity index is 22.0. The molecule has 0 amide bonds. The van der Waals surface area contributed by atoms with Crippen LogP contribution in [0.2, 0.25) is 10.5 Å². The van der Waals surface area contributed by atoms with Gasteiger partial charge in [0, 0.05) is 0 Å². The van der Waals surface area contributed by atoms with Gasteiger partial charge in [0.2, 0.25) is 0 Å². The third-order valence-electron chi connectivity index (χ3n) is 0.530. The summed E-state index contributed by atoms with van der Waals surface area (Å²) in [6.45, 7) is 0. The monoisotopic (exact) mass is 298 g/mol. The van der Waals surface area contributed by atoms with Gasteiger partial charge >= 0.3 is 49.7 Å². The van der Waals surface area contributed by atoms with E-state index in [0.717, 1.165) is 0 Å². The van der Waals surface area contributed by atoms with Crippen LogP contribution in [0.4, 0.5) is 0 Å². The molecule has 0 unspecified atom stereocenters.